The van der Waals surface area contributed by atoms with Gasteiger partial charge in [0.25, 0.3) is 5.91 Å². The topological polar surface area (TPSA) is 59.9 Å². The second-order valence-corrected chi connectivity index (χ2v) is 7.22. The molecule has 0 radical (unpaired) electrons. The summed E-state index contributed by atoms with van der Waals surface area (Å²) in [6, 6.07) is 13.2. The van der Waals surface area contributed by atoms with Crippen LogP contribution in [0.4, 0.5) is 5.69 Å². The molecule has 1 N–H and O–H groups in total. The number of nitrogens with zero attached hydrogens (tertiary/aromatic N) is 1. The Morgan fingerprint density at radius 1 is 1.12 bits per heavy atom. The number of aliphatic imine (C=N–C) groups is 1. The van der Waals surface area contributed by atoms with Crippen molar-refractivity contribution in [3.63, 3.8) is 0 Å². The Hall–Kier alpha value is -2.25. The number of ether oxygens (including phenoxy) is 2. The highest BCUT2D eigenvalue weighted by Gasteiger charge is 2.24. The highest BCUT2D eigenvalue weighted by atomic mass is 79.9. The maximum absolute atomic E-state index is 12.2. The van der Waals surface area contributed by atoms with Gasteiger partial charge in [0.1, 0.15) is 13.2 Å². The van der Waals surface area contributed by atoms with Crippen LogP contribution in [-0.2, 0) is 4.79 Å². The monoisotopic (exact) mass is 416 g/mol. The van der Waals surface area contributed by atoms with Crippen LogP contribution >= 0.6 is 27.7 Å². The molecule has 25 heavy (non-hydrogen) atoms. The molecule has 2 aromatic rings. The molecule has 5 nitrogen and oxygen atoms in total. The van der Waals surface area contributed by atoms with Gasteiger partial charge in [0.2, 0.25) is 0 Å². The third-order valence-electron chi connectivity index (χ3n) is 3.59. The molecule has 2 heterocycles. The van der Waals surface area contributed by atoms with Crippen LogP contribution in [0.3, 0.4) is 0 Å². The number of carbonyl (C=O) groups excluding carboxylic acids is 1. The maximum atomic E-state index is 12.2. The summed E-state index contributed by atoms with van der Waals surface area (Å²) in [5.41, 5.74) is 1.65. The molecule has 1 amide bonds. The van der Waals surface area contributed by atoms with E-state index < -0.39 is 0 Å². The van der Waals surface area contributed by atoms with Gasteiger partial charge >= 0.3 is 0 Å². The van der Waals surface area contributed by atoms with Crippen molar-refractivity contribution in [3.8, 4) is 11.5 Å². The van der Waals surface area contributed by atoms with Crippen LogP contribution in [0.2, 0.25) is 0 Å². The lowest BCUT2D eigenvalue weighted by Crippen LogP contribution is -2.19. The molecule has 0 saturated carbocycles. The highest BCUT2D eigenvalue weighted by Crippen LogP contribution is 2.34. The molecule has 1 saturated heterocycles. The Labute approximate surface area is 157 Å². The number of amidine groups is 1. The number of hydrogen-bond acceptors (Lipinski definition) is 5. The minimum atomic E-state index is -0.161. The highest BCUT2D eigenvalue weighted by molar-refractivity contribution is 9.10. The van der Waals surface area contributed by atoms with Gasteiger partial charge in [0.05, 0.1) is 10.6 Å². The van der Waals surface area contributed by atoms with Gasteiger partial charge < -0.3 is 14.8 Å². The molecule has 7 heteroatoms. The Kier molecular flexibility index (Phi) is 4.50. The van der Waals surface area contributed by atoms with Crippen LogP contribution in [0.1, 0.15) is 5.56 Å². The number of thioether (sulfide) groups is 1. The molecule has 0 bridgehead atoms. The quantitative estimate of drug-likeness (QED) is 0.748. The van der Waals surface area contributed by atoms with Crippen molar-refractivity contribution in [1.29, 1.82) is 0 Å². The third-order valence-corrected chi connectivity index (χ3v) is 5.17. The van der Waals surface area contributed by atoms with Gasteiger partial charge in [-0.1, -0.05) is 18.2 Å². The number of amides is 1. The number of rotatable bonds is 2. The maximum Gasteiger partial charge on any atom is 0.264 e. The zero-order valence-electron chi connectivity index (χ0n) is 13.0. The van der Waals surface area contributed by atoms with E-state index in [9.17, 15) is 4.79 Å². The lowest BCUT2D eigenvalue weighted by Gasteiger charge is -2.18. The molecule has 4 rings (SSSR count). The Morgan fingerprint density at radius 3 is 2.76 bits per heavy atom. The van der Waals surface area contributed by atoms with E-state index in [-0.39, 0.29) is 5.91 Å². The molecule has 2 aromatic carbocycles. The number of halogens is 1. The van der Waals surface area contributed by atoms with Crippen molar-refractivity contribution in [3.05, 3.63) is 57.4 Å². The fourth-order valence-corrected chi connectivity index (χ4v) is 3.64. The number of hydrogen-bond donors (Lipinski definition) is 1. The Balaban J connectivity index is 1.58. The molecule has 0 aliphatic carbocycles. The first-order valence-electron chi connectivity index (χ1n) is 7.63. The van der Waals surface area contributed by atoms with Crippen molar-refractivity contribution < 1.29 is 14.3 Å². The van der Waals surface area contributed by atoms with Gasteiger partial charge in [-0.25, -0.2) is 4.99 Å². The first kappa shape index (κ1) is 16.2. The summed E-state index contributed by atoms with van der Waals surface area (Å²) in [6.07, 6.45) is 1.82. The van der Waals surface area contributed by atoms with E-state index in [0.29, 0.717) is 29.0 Å². The van der Waals surface area contributed by atoms with Crippen LogP contribution in [0, 0.1) is 0 Å². The zero-order chi connectivity index (χ0) is 17.2. The second kappa shape index (κ2) is 6.93. The van der Waals surface area contributed by atoms with Crippen molar-refractivity contribution >= 4 is 50.5 Å². The molecule has 1 fully saturated rings. The smallest absolute Gasteiger partial charge is 0.264 e. The first-order chi connectivity index (χ1) is 12.2. The largest absolute Gasteiger partial charge is 0.486 e. The average molecular weight is 417 g/mol. The molecule has 126 valence electrons. The lowest BCUT2D eigenvalue weighted by atomic mass is 10.2. The standard InChI is InChI=1S/C18H13BrN2O3S/c19-12-3-1-2-4-13(12)20-18-21-17(22)16(25-18)10-11-5-6-14-15(9-11)24-8-7-23-14/h1-6,9-10H,7-8H2,(H,20,21,22)/b16-10-. The predicted molar refractivity (Wildman–Crippen MR) is 102 cm³/mol. The number of benzene rings is 2. The number of fused-ring (bicyclic) bond motifs is 1. The summed E-state index contributed by atoms with van der Waals surface area (Å²) in [6.45, 7) is 1.09. The SMILES string of the molecule is O=C1N/C(=N/c2ccccc2Br)S/C1=C\c1ccc2c(c1)OCCO2. The first-order valence-corrected chi connectivity index (χ1v) is 9.24. The number of para-hydroxylation sites is 1. The van der Waals surface area contributed by atoms with Gasteiger partial charge in [-0.3, -0.25) is 4.79 Å². The summed E-state index contributed by atoms with van der Waals surface area (Å²) in [5, 5.41) is 3.35. The van der Waals surface area contributed by atoms with Crippen molar-refractivity contribution in [2.45, 2.75) is 0 Å². The molecule has 0 atom stereocenters. The molecule has 0 spiro atoms. The van der Waals surface area contributed by atoms with Crippen LogP contribution in [0.5, 0.6) is 11.5 Å². The zero-order valence-corrected chi connectivity index (χ0v) is 15.4. The van der Waals surface area contributed by atoms with E-state index in [0.717, 1.165) is 21.5 Å². The third kappa shape index (κ3) is 3.57. The molecule has 2 aliphatic heterocycles. The van der Waals surface area contributed by atoms with Crippen LogP contribution in [0.25, 0.3) is 6.08 Å². The van der Waals surface area contributed by atoms with E-state index in [1.807, 2.05) is 48.5 Å². The van der Waals surface area contributed by atoms with Crippen LogP contribution in [0.15, 0.2) is 56.8 Å². The molecular weight excluding hydrogens is 404 g/mol. The van der Waals surface area contributed by atoms with Gasteiger partial charge in [0, 0.05) is 4.47 Å². The summed E-state index contributed by atoms with van der Waals surface area (Å²) < 4.78 is 12.0. The van der Waals surface area contributed by atoms with Gasteiger partial charge in [-0.15, -0.1) is 0 Å². The van der Waals surface area contributed by atoms with Gasteiger partial charge in [0.15, 0.2) is 16.7 Å². The van der Waals surface area contributed by atoms with Crippen molar-refractivity contribution in [1.82, 2.24) is 5.32 Å². The number of nitrogens with one attached hydrogen (secondary N) is 1. The Bertz CT molecular complexity index is 911. The van der Waals surface area contributed by atoms with Gasteiger partial charge in [-0.05, 0) is 63.6 Å². The minimum Gasteiger partial charge on any atom is -0.486 e. The minimum absolute atomic E-state index is 0.161. The van der Waals surface area contributed by atoms with E-state index in [1.165, 1.54) is 11.8 Å². The van der Waals surface area contributed by atoms with Gasteiger partial charge in [-0.2, -0.15) is 0 Å². The average Bonchev–Trinajstić information content (AvgIpc) is 2.96. The predicted octanol–water partition coefficient (Wildman–Crippen LogP) is 4.11. The number of carbonyl (C=O) groups is 1. The normalized spacial score (nSPS) is 19.3. The molecule has 0 aromatic heterocycles. The van der Waals surface area contributed by atoms with E-state index in [4.69, 9.17) is 9.47 Å². The molecule has 2 aliphatic rings. The second-order valence-electron chi connectivity index (χ2n) is 5.34. The van der Waals surface area contributed by atoms with E-state index in [2.05, 4.69) is 26.2 Å². The van der Waals surface area contributed by atoms with Crippen LogP contribution in [-0.4, -0.2) is 24.3 Å². The molecular formula is C18H13BrN2O3S. The van der Waals surface area contributed by atoms with Crippen molar-refractivity contribution in [2.75, 3.05) is 13.2 Å². The lowest BCUT2D eigenvalue weighted by molar-refractivity contribution is -0.115. The molecule has 0 unspecified atom stereocenters. The summed E-state index contributed by atoms with van der Waals surface area (Å²) in [5.74, 6) is 1.27. The fraction of sp³-hybridized carbons (Fsp3) is 0.111. The summed E-state index contributed by atoms with van der Waals surface area (Å²) >= 11 is 4.77. The fourth-order valence-electron chi connectivity index (χ4n) is 2.43. The summed E-state index contributed by atoms with van der Waals surface area (Å²) in [7, 11) is 0. The Morgan fingerprint density at radius 2 is 1.92 bits per heavy atom. The summed E-state index contributed by atoms with van der Waals surface area (Å²) in [4.78, 5) is 17.3. The van der Waals surface area contributed by atoms with Crippen molar-refractivity contribution in [2.24, 2.45) is 4.99 Å². The van der Waals surface area contributed by atoms with E-state index >= 15 is 0 Å². The van der Waals surface area contributed by atoms with Crippen LogP contribution < -0.4 is 14.8 Å². The van der Waals surface area contributed by atoms with E-state index in [1.54, 1.807) is 0 Å².